The number of carbonyl (C=O) groups is 1. The Labute approximate surface area is 100 Å². The van der Waals surface area contributed by atoms with Crippen molar-refractivity contribution >= 4 is 12.4 Å². The van der Waals surface area contributed by atoms with Gasteiger partial charge in [0.25, 0.3) is 0 Å². The summed E-state index contributed by atoms with van der Waals surface area (Å²) in [5.41, 5.74) is 0.551. The van der Waals surface area contributed by atoms with Crippen molar-refractivity contribution in [1.82, 2.24) is 4.98 Å². The minimum atomic E-state index is -4.21. The Balaban J connectivity index is 2.59. The van der Waals surface area contributed by atoms with Crippen LogP contribution in [0.4, 0.5) is 17.6 Å². The number of pyridine rings is 1. The van der Waals surface area contributed by atoms with Gasteiger partial charge in [-0.3, -0.25) is 4.79 Å². The molecule has 1 heterocycles. The molecule has 1 rings (SSSR count). The van der Waals surface area contributed by atoms with Crippen LogP contribution in [0.3, 0.4) is 0 Å². The lowest BCUT2D eigenvalue weighted by Crippen LogP contribution is -2.33. The number of hydrogen-bond acceptors (Lipinski definition) is 3. The van der Waals surface area contributed by atoms with Crippen LogP contribution in [0, 0.1) is 0 Å². The highest BCUT2D eigenvalue weighted by atomic mass is 19.3. The molecule has 0 unspecified atom stereocenters. The van der Waals surface area contributed by atoms with Crippen molar-refractivity contribution in [3.63, 3.8) is 0 Å². The van der Waals surface area contributed by atoms with Gasteiger partial charge < -0.3 is 4.74 Å². The quantitative estimate of drug-likeness (QED) is 0.450. The summed E-state index contributed by atoms with van der Waals surface area (Å²) in [5, 5.41) is 0. The van der Waals surface area contributed by atoms with Gasteiger partial charge in [0.2, 0.25) is 5.88 Å². The van der Waals surface area contributed by atoms with E-state index in [4.69, 9.17) is 0 Å². The first kappa shape index (κ1) is 14.1. The molecular formula is C11H9F4NO2. The number of nitrogens with zero attached hydrogens (tertiary/aromatic N) is 1. The Hall–Kier alpha value is -1.92. The van der Waals surface area contributed by atoms with E-state index in [1.165, 1.54) is 30.5 Å². The molecule has 3 nitrogen and oxygen atoms in total. The third-order valence-corrected chi connectivity index (χ3v) is 1.86. The number of aromatic nitrogens is 1. The zero-order chi connectivity index (χ0) is 13.6. The highest BCUT2D eigenvalue weighted by molar-refractivity contribution is 5.73. The minimum Gasteiger partial charge on any atom is -0.471 e. The molecule has 0 aromatic carbocycles. The molecule has 0 spiro atoms. The molecule has 18 heavy (non-hydrogen) atoms. The molecule has 0 amide bonds. The number of allylic oxidation sites excluding steroid dienone is 1. The lowest BCUT2D eigenvalue weighted by molar-refractivity contribution is -0.148. The zero-order valence-corrected chi connectivity index (χ0v) is 9.02. The Morgan fingerprint density at radius 2 is 2.11 bits per heavy atom. The van der Waals surface area contributed by atoms with Crippen LogP contribution in [0.5, 0.6) is 5.88 Å². The van der Waals surface area contributed by atoms with Gasteiger partial charge in [0.05, 0.1) is 0 Å². The highest BCUT2D eigenvalue weighted by Gasteiger charge is 2.41. The second kappa shape index (κ2) is 6.13. The maximum absolute atomic E-state index is 12.5. The maximum atomic E-state index is 12.5. The van der Waals surface area contributed by atoms with E-state index in [1.54, 1.807) is 0 Å². The van der Waals surface area contributed by atoms with Gasteiger partial charge in [0.15, 0.2) is 6.61 Å². The molecule has 0 saturated carbocycles. The van der Waals surface area contributed by atoms with Crippen molar-refractivity contribution in [2.75, 3.05) is 6.61 Å². The topological polar surface area (TPSA) is 39.2 Å². The molecule has 0 fully saturated rings. The van der Waals surface area contributed by atoms with Crippen molar-refractivity contribution in [2.45, 2.75) is 12.3 Å². The summed E-state index contributed by atoms with van der Waals surface area (Å²) in [6.07, 6.45) is 0.705. The van der Waals surface area contributed by atoms with Crippen LogP contribution in [0.25, 0.3) is 6.08 Å². The molecule has 0 aliphatic carbocycles. The number of aldehydes is 1. The second-order valence-corrected chi connectivity index (χ2v) is 3.28. The molecule has 0 saturated heterocycles. The molecule has 0 atom stereocenters. The summed E-state index contributed by atoms with van der Waals surface area (Å²) in [6.45, 7) is -1.44. The van der Waals surface area contributed by atoms with Crippen LogP contribution < -0.4 is 4.74 Å². The maximum Gasteiger partial charge on any atom is 0.340 e. The fourth-order valence-corrected chi connectivity index (χ4v) is 0.959. The first-order valence-electron chi connectivity index (χ1n) is 4.82. The average Bonchev–Trinajstić information content (AvgIpc) is 2.35. The number of halogens is 4. The molecule has 1 aromatic rings. The highest BCUT2D eigenvalue weighted by Crippen LogP contribution is 2.23. The first-order valence-corrected chi connectivity index (χ1v) is 4.82. The molecular weight excluding hydrogens is 254 g/mol. The van der Waals surface area contributed by atoms with Crippen molar-refractivity contribution in [3.05, 3.63) is 30.0 Å². The van der Waals surface area contributed by atoms with Gasteiger partial charge >= 0.3 is 12.3 Å². The fourth-order valence-electron chi connectivity index (χ4n) is 0.959. The fraction of sp³-hybridized carbons (Fsp3) is 0.273. The summed E-state index contributed by atoms with van der Waals surface area (Å²) in [7, 11) is 0. The largest absolute Gasteiger partial charge is 0.471 e. The van der Waals surface area contributed by atoms with Crippen molar-refractivity contribution in [1.29, 1.82) is 0 Å². The number of rotatable bonds is 6. The molecule has 0 bridgehead atoms. The van der Waals surface area contributed by atoms with Gasteiger partial charge in [-0.2, -0.15) is 8.78 Å². The Kier molecular flexibility index (Phi) is 4.82. The molecule has 7 heteroatoms. The van der Waals surface area contributed by atoms with Gasteiger partial charge in [-0.15, -0.1) is 0 Å². The van der Waals surface area contributed by atoms with Gasteiger partial charge in [0, 0.05) is 12.3 Å². The van der Waals surface area contributed by atoms with E-state index in [1.807, 2.05) is 0 Å². The smallest absolute Gasteiger partial charge is 0.340 e. The van der Waals surface area contributed by atoms with E-state index in [0.29, 0.717) is 11.8 Å². The third-order valence-electron chi connectivity index (χ3n) is 1.86. The monoisotopic (exact) mass is 263 g/mol. The molecule has 0 aliphatic rings. The van der Waals surface area contributed by atoms with E-state index < -0.39 is 19.0 Å². The predicted molar refractivity (Wildman–Crippen MR) is 55.8 cm³/mol. The Morgan fingerprint density at radius 3 is 2.61 bits per heavy atom. The van der Waals surface area contributed by atoms with E-state index in [0.717, 1.165) is 0 Å². The third kappa shape index (κ3) is 4.15. The molecule has 0 radical (unpaired) electrons. The number of hydrogen-bond donors (Lipinski definition) is 0. The van der Waals surface area contributed by atoms with Crippen LogP contribution in [0.2, 0.25) is 0 Å². The standard InChI is InChI=1S/C11H9F4NO2/c12-10(13)11(14,15)7-18-9-4-3-8(6-16-9)2-1-5-17/h1-6,10H,7H2/b2-1+. The summed E-state index contributed by atoms with van der Waals surface area (Å²) >= 11 is 0. The van der Waals surface area contributed by atoms with Gasteiger partial charge in [-0.05, 0) is 17.7 Å². The van der Waals surface area contributed by atoms with E-state index in [2.05, 4.69) is 9.72 Å². The van der Waals surface area contributed by atoms with Crippen molar-refractivity contribution in [2.24, 2.45) is 0 Å². The normalized spacial score (nSPS) is 12.1. The van der Waals surface area contributed by atoms with E-state index >= 15 is 0 Å². The summed E-state index contributed by atoms with van der Waals surface area (Å²) in [6, 6.07) is 2.69. The van der Waals surface area contributed by atoms with Gasteiger partial charge in [-0.1, -0.05) is 6.08 Å². The van der Waals surface area contributed by atoms with Crippen molar-refractivity contribution < 1.29 is 27.1 Å². The van der Waals surface area contributed by atoms with E-state index in [9.17, 15) is 22.4 Å². The lowest BCUT2D eigenvalue weighted by Gasteiger charge is -2.15. The summed E-state index contributed by atoms with van der Waals surface area (Å²) in [4.78, 5) is 13.7. The van der Waals surface area contributed by atoms with Crippen LogP contribution in [-0.4, -0.2) is 30.2 Å². The lowest BCUT2D eigenvalue weighted by atomic mass is 10.2. The van der Waals surface area contributed by atoms with Crippen LogP contribution in [0.1, 0.15) is 5.56 Å². The minimum absolute atomic E-state index is 0.196. The second-order valence-electron chi connectivity index (χ2n) is 3.28. The summed E-state index contributed by atoms with van der Waals surface area (Å²) < 4.78 is 53.2. The Bertz CT molecular complexity index is 418. The molecule has 1 aromatic heterocycles. The van der Waals surface area contributed by atoms with E-state index in [-0.39, 0.29) is 5.88 Å². The Morgan fingerprint density at radius 1 is 1.39 bits per heavy atom. The first-order chi connectivity index (χ1) is 8.45. The molecule has 98 valence electrons. The predicted octanol–water partition coefficient (Wildman–Crippen LogP) is 2.57. The van der Waals surface area contributed by atoms with Crippen LogP contribution in [-0.2, 0) is 4.79 Å². The number of carbonyl (C=O) groups excluding carboxylic acids is 1. The number of ether oxygens (including phenoxy) is 1. The van der Waals surface area contributed by atoms with Gasteiger partial charge in [-0.25, -0.2) is 13.8 Å². The average molecular weight is 263 g/mol. The van der Waals surface area contributed by atoms with Crippen LogP contribution in [0.15, 0.2) is 24.4 Å². The molecule has 0 N–H and O–H groups in total. The number of alkyl halides is 4. The summed E-state index contributed by atoms with van der Waals surface area (Å²) in [5.74, 6) is -4.41. The molecule has 0 aliphatic heterocycles. The van der Waals surface area contributed by atoms with Gasteiger partial charge in [0.1, 0.15) is 6.29 Å². The van der Waals surface area contributed by atoms with Crippen molar-refractivity contribution in [3.8, 4) is 5.88 Å². The SMILES string of the molecule is O=C/C=C/c1ccc(OCC(F)(F)C(F)F)nc1. The zero-order valence-electron chi connectivity index (χ0n) is 9.02. The van der Waals surface area contributed by atoms with Crippen LogP contribution >= 0.6 is 0 Å².